The molecule has 1 N–H and O–H groups in total. The van der Waals surface area contributed by atoms with E-state index in [0.29, 0.717) is 60.9 Å². The smallest absolute Gasteiger partial charge is 0.252 e. The van der Waals surface area contributed by atoms with Gasteiger partial charge in [-0.25, -0.2) is 9.97 Å². The van der Waals surface area contributed by atoms with Gasteiger partial charge >= 0.3 is 0 Å². The van der Waals surface area contributed by atoms with Gasteiger partial charge in [-0.05, 0) is 12.1 Å². The van der Waals surface area contributed by atoms with Crippen LogP contribution in [0, 0.1) is 6.92 Å². The molecule has 33 heavy (non-hydrogen) atoms. The summed E-state index contributed by atoms with van der Waals surface area (Å²) in [5, 5.41) is 3.25. The van der Waals surface area contributed by atoms with E-state index >= 15 is 0 Å². The highest BCUT2D eigenvalue weighted by molar-refractivity contribution is 6.07. The lowest BCUT2D eigenvalue weighted by Crippen LogP contribution is -2.64. The lowest BCUT2D eigenvalue weighted by atomic mass is 9.85. The first-order valence-electron chi connectivity index (χ1n) is 10.8. The molecule has 2 aliphatic rings. The van der Waals surface area contributed by atoms with E-state index in [1.807, 2.05) is 30.1 Å². The van der Waals surface area contributed by atoms with Crippen LogP contribution in [-0.4, -0.2) is 60.8 Å². The highest BCUT2D eigenvalue weighted by Gasteiger charge is 2.50. The molecule has 10 heteroatoms. The van der Waals surface area contributed by atoms with Crippen LogP contribution in [0.25, 0.3) is 11.3 Å². The minimum absolute atomic E-state index is 0.0492. The topological polar surface area (TPSA) is 106 Å². The monoisotopic (exact) mass is 450 g/mol. The summed E-state index contributed by atoms with van der Waals surface area (Å²) in [7, 11) is 5.30. The van der Waals surface area contributed by atoms with Crippen LogP contribution in [0.4, 0.5) is 23.1 Å². The van der Waals surface area contributed by atoms with Crippen LogP contribution in [0.3, 0.4) is 0 Å². The van der Waals surface area contributed by atoms with Gasteiger partial charge in [0.2, 0.25) is 5.95 Å². The van der Waals surface area contributed by atoms with E-state index < -0.39 is 5.54 Å². The van der Waals surface area contributed by atoms with Crippen LogP contribution in [0.5, 0.6) is 5.75 Å². The molecule has 1 aromatic carbocycles. The third-order valence-electron chi connectivity index (χ3n) is 6.44. The number of nitrogens with zero attached hydrogens (tertiary/aromatic N) is 5. The Morgan fingerprint density at radius 2 is 1.94 bits per heavy atom. The van der Waals surface area contributed by atoms with Crippen molar-refractivity contribution in [3.8, 4) is 17.1 Å². The summed E-state index contributed by atoms with van der Waals surface area (Å²) in [5.74, 6) is 3.04. The first kappa shape index (κ1) is 21.2. The number of aryl methyl sites for hydroxylation is 1. The van der Waals surface area contributed by atoms with Crippen molar-refractivity contribution in [3.63, 3.8) is 0 Å². The first-order chi connectivity index (χ1) is 15.9. The van der Waals surface area contributed by atoms with Gasteiger partial charge in [-0.3, -0.25) is 4.79 Å². The maximum atomic E-state index is 13.2. The lowest BCUT2D eigenvalue weighted by Gasteiger charge is -2.49. The lowest BCUT2D eigenvalue weighted by molar-refractivity contribution is -0.127. The minimum Gasteiger partial charge on any atom is -0.496 e. The number of hydrogen-bond donors (Lipinski definition) is 1. The maximum absolute atomic E-state index is 13.2. The van der Waals surface area contributed by atoms with Crippen LogP contribution in [0.1, 0.15) is 18.7 Å². The molecule has 0 bridgehead atoms. The Morgan fingerprint density at radius 1 is 1.15 bits per heavy atom. The molecule has 0 atom stereocenters. The number of likely N-dealkylation sites (N-methyl/N-ethyl adjacent to an activating group) is 2. The van der Waals surface area contributed by atoms with Gasteiger partial charge in [0.05, 0.1) is 25.1 Å². The molecule has 3 aromatic rings. The Hall–Kier alpha value is -3.66. The highest BCUT2D eigenvalue weighted by atomic mass is 16.5. The summed E-state index contributed by atoms with van der Waals surface area (Å²) >= 11 is 0. The Morgan fingerprint density at radius 3 is 2.64 bits per heavy atom. The number of fused-ring (bicyclic) bond motifs is 1. The molecular weight excluding hydrogens is 424 g/mol. The summed E-state index contributed by atoms with van der Waals surface area (Å²) < 4.78 is 16.7. The normalized spacial score (nSPS) is 17.3. The number of benzene rings is 1. The predicted octanol–water partition coefficient (Wildman–Crippen LogP) is 3.15. The zero-order chi connectivity index (χ0) is 23.2. The number of amides is 1. The number of hydrogen-bond acceptors (Lipinski definition) is 9. The summed E-state index contributed by atoms with van der Waals surface area (Å²) in [6, 6.07) is 5.66. The molecule has 0 radical (unpaired) electrons. The van der Waals surface area contributed by atoms with E-state index in [0.717, 1.165) is 11.3 Å². The highest BCUT2D eigenvalue weighted by Crippen LogP contribution is 2.42. The van der Waals surface area contributed by atoms with Crippen molar-refractivity contribution >= 4 is 29.0 Å². The minimum atomic E-state index is -0.647. The van der Waals surface area contributed by atoms with Crippen molar-refractivity contribution in [2.45, 2.75) is 25.3 Å². The molecule has 172 valence electrons. The summed E-state index contributed by atoms with van der Waals surface area (Å²) in [5.41, 5.74) is 1.59. The third kappa shape index (κ3) is 3.46. The fourth-order valence-electron chi connectivity index (χ4n) is 4.52. The maximum Gasteiger partial charge on any atom is 0.252 e. The summed E-state index contributed by atoms with van der Waals surface area (Å²) in [4.78, 5) is 30.2. The Bertz CT molecular complexity index is 1200. The second-order valence-electron chi connectivity index (χ2n) is 8.25. The van der Waals surface area contributed by atoms with Crippen LogP contribution in [-0.2, 0) is 9.53 Å². The van der Waals surface area contributed by atoms with Crippen LogP contribution in [0.15, 0.2) is 35.0 Å². The molecule has 1 saturated heterocycles. The number of nitrogens with one attached hydrogen (secondary N) is 1. The van der Waals surface area contributed by atoms with Gasteiger partial charge in [0.15, 0.2) is 17.5 Å². The second-order valence-corrected chi connectivity index (χ2v) is 8.25. The molecule has 10 nitrogen and oxygen atoms in total. The van der Waals surface area contributed by atoms with Gasteiger partial charge in [-0.1, -0.05) is 0 Å². The molecule has 0 unspecified atom stereocenters. The zero-order valence-electron chi connectivity index (χ0n) is 19.1. The van der Waals surface area contributed by atoms with Crippen molar-refractivity contribution in [2.24, 2.45) is 0 Å². The van der Waals surface area contributed by atoms with Crippen molar-refractivity contribution in [3.05, 3.63) is 36.5 Å². The Labute approximate surface area is 191 Å². The molecule has 1 spiro atoms. The molecule has 1 amide bonds. The van der Waals surface area contributed by atoms with Gasteiger partial charge in [0.25, 0.3) is 5.91 Å². The van der Waals surface area contributed by atoms with Gasteiger partial charge in [-0.2, -0.15) is 4.98 Å². The average molecular weight is 450 g/mol. The molecule has 2 aliphatic heterocycles. The first-order valence-corrected chi connectivity index (χ1v) is 10.8. The number of rotatable bonds is 4. The van der Waals surface area contributed by atoms with E-state index in [1.165, 1.54) is 0 Å². The second kappa shape index (κ2) is 8.04. The Balaban J connectivity index is 1.46. The summed E-state index contributed by atoms with van der Waals surface area (Å²) in [6.45, 7) is 2.89. The fourth-order valence-corrected chi connectivity index (χ4v) is 4.52. The largest absolute Gasteiger partial charge is 0.496 e. The van der Waals surface area contributed by atoms with Crippen molar-refractivity contribution in [2.75, 3.05) is 49.5 Å². The van der Waals surface area contributed by atoms with Crippen LogP contribution in [0.2, 0.25) is 0 Å². The van der Waals surface area contributed by atoms with Crippen LogP contribution < -0.4 is 19.9 Å². The molecule has 0 aliphatic carbocycles. The van der Waals surface area contributed by atoms with E-state index in [2.05, 4.69) is 15.3 Å². The van der Waals surface area contributed by atoms with Gasteiger partial charge in [-0.15, -0.1) is 0 Å². The average Bonchev–Trinajstić information content (AvgIpc) is 3.28. The zero-order valence-corrected chi connectivity index (χ0v) is 19.1. The van der Waals surface area contributed by atoms with Crippen molar-refractivity contribution in [1.82, 2.24) is 15.0 Å². The van der Waals surface area contributed by atoms with E-state index in [1.54, 1.807) is 38.4 Å². The fraction of sp³-hybridized carbons (Fsp3) is 0.391. The molecule has 5 rings (SSSR count). The summed E-state index contributed by atoms with van der Waals surface area (Å²) in [6.07, 6.45) is 4.60. The van der Waals surface area contributed by atoms with Gasteiger partial charge in [0.1, 0.15) is 17.0 Å². The molecule has 1 fully saturated rings. The van der Waals surface area contributed by atoms with Gasteiger partial charge < -0.3 is 29.0 Å². The number of ether oxygens (including phenoxy) is 2. The quantitative estimate of drug-likeness (QED) is 0.641. The van der Waals surface area contributed by atoms with E-state index in [4.69, 9.17) is 18.9 Å². The SMILES string of the molecule is COc1cc(Nc2ncc3c(n2)N(C)C2(CCOCC2)C(=O)N3C)ccc1-c1cnc(C)o1. The third-order valence-corrected chi connectivity index (χ3v) is 6.44. The number of oxazole rings is 1. The molecule has 0 saturated carbocycles. The number of anilines is 4. The van der Waals surface area contributed by atoms with E-state index in [9.17, 15) is 4.79 Å². The van der Waals surface area contributed by atoms with E-state index in [-0.39, 0.29) is 5.91 Å². The standard InChI is InChI=1S/C23H26N6O4/c1-14-24-13-19(33-14)16-6-5-15(11-18(16)31-4)26-22-25-12-17-20(27-22)29(3)23(21(30)28(17)2)7-9-32-10-8-23/h5-6,11-13H,7-10H2,1-4H3,(H,25,26,27). The van der Waals surface area contributed by atoms with Crippen molar-refractivity contribution in [1.29, 1.82) is 0 Å². The van der Waals surface area contributed by atoms with Crippen LogP contribution >= 0.6 is 0 Å². The van der Waals surface area contributed by atoms with Gasteiger partial charge in [0, 0.05) is 58.8 Å². The number of carbonyl (C=O) groups excluding carboxylic acids is 1. The van der Waals surface area contributed by atoms with Crippen molar-refractivity contribution < 1.29 is 18.7 Å². The molecule has 4 heterocycles. The number of methoxy groups -OCH3 is 1. The Kier molecular flexibility index (Phi) is 5.16. The predicted molar refractivity (Wildman–Crippen MR) is 123 cm³/mol. The number of carbonyl (C=O) groups is 1. The molecule has 2 aromatic heterocycles. The number of aromatic nitrogens is 3. The molecular formula is C23H26N6O4.